The molecule has 2 unspecified atom stereocenters. The molecule has 16 heavy (non-hydrogen) atoms. The summed E-state index contributed by atoms with van der Waals surface area (Å²) in [7, 11) is 1.19. The highest BCUT2D eigenvalue weighted by Gasteiger charge is 2.25. The summed E-state index contributed by atoms with van der Waals surface area (Å²) < 4.78 is 30.1. The highest BCUT2D eigenvalue weighted by molar-refractivity contribution is 6.22. The minimum absolute atomic E-state index is 0.134. The molecule has 2 nitrogen and oxygen atoms in total. The molecule has 2 atom stereocenters. The first-order valence-electron chi connectivity index (χ1n) is 5.01. The van der Waals surface area contributed by atoms with Gasteiger partial charge < -0.3 is 4.74 Å². The van der Waals surface area contributed by atoms with Crippen molar-refractivity contribution in [3.05, 3.63) is 23.8 Å². The van der Waals surface area contributed by atoms with Crippen molar-refractivity contribution in [2.75, 3.05) is 7.11 Å². The normalized spacial score (nSPS) is 24.4. The highest BCUT2D eigenvalue weighted by atomic mass is 35.5. The average Bonchev–Trinajstić information content (AvgIpc) is 2.40. The lowest BCUT2D eigenvalue weighted by Gasteiger charge is -2.09. The van der Waals surface area contributed by atoms with Crippen molar-refractivity contribution in [1.29, 1.82) is 0 Å². The maximum atomic E-state index is 12.9. The number of alkyl halides is 1. The van der Waals surface area contributed by atoms with Crippen LogP contribution in [0.4, 0.5) is 8.78 Å². The molecule has 0 saturated carbocycles. The molecule has 0 aromatic rings. The molecule has 1 aliphatic carbocycles. The van der Waals surface area contributed by atoms with Crippen molar-refractivity contribution >= 4 is 17.6 Å². The Morgan fingerprint density at radius 2 is 1.88 bits per heavy atom. The molecule has 0 fully saturated rings. The van der Waals surface area contributed by atoms with Crippen LogP contribution in [-0.2, 0) is 9.53 Å². The van der Waals surface area contributed by atoms with E-state index in [0.717, 1.165) is 12.2 Å². The minimum atomic E-state index is -1.07. The van der Waals surface area contributed by atoms with E-state index >= 15 is 0 Å². The number of methoxy groups -OCH3 is 1. The molecule has 1 rings (SSSR count). The van der Waals surface area contributed by atoms with Crippen molar-refractivity contribution in [2.45, 2.75) is 25.6 Å². The number of carbonyl (C=O) groups excluding carboxylic acids is 1. The molecule has 1 aliphatic rings. The van der Waals surface area contributed by atoms with Crippen molar-refractivity contribution in [3.8, 4) is 0 Å². The summed E-state index contributed by atoms with van der Waals surface area (Å²) in [6, 6.07) is 0. The van der Waals surface area contributed by atoms with Crippen molar-refractivity contribution < 1.29 is 18.3 Å². The van der Waals surface area contributed by atoms with E-state index in [2.05, 4.69) is 4.74 Å². The lowest BCUT2D eigenvalue weighted by Crippen LogP contribution is -2.16. The van der Waals surface area contributed by atoms with Crippen LogP contribution < -0.4 is 0 Å². The molecule has 0 bridgehead atoms. The fraction of sp³-hybridized carbons (Fsp3) is 0.545. The summed E-state index contributed by atoms with van der Waals surface area (Å²) in [5.41, 5.74) is 0. The molecule has 0 radical (unpaired) electrons. The first kappa shape index (κ1) is 15.1. The number of rotatable bonds is 1. The van der Waals surface area contributed by atoms with Crippen molar-refractivity contribution in [2.24, 2.45) is 5.92 Å². The zero-order chi connectivity index (χ0) is 12.7. The molecule has 0 aromatic heterocycles. The molecule has 0 N–H and O–H groups in total. The van der Waals surface area contributed by atoms with E-state index in [1.807, 2.05) is 13.8 Å². The fourth-order valence-electron chi connectivity index (χ4n) is 1.19. The fourth-order valence-corrected chi connectivity index (χ4v) is 1.49. The highest BCUT2D eigenvalue weighted by Crippen LogP contribution is 2.27. The van der Waals surface area contributed by atoms with Crippen LogP contribution >= 0.6 is 11.6 Å². The number of ether oxygens (including phenoxy) is 1. The summed E-state index contributed by atoms with van der Waals surface area (Å²) in [6.45, 7) is 4.00. The first-order valence-corrected chi connectivity index (χ1v) is 5.45. The van der Waals surface area contributed by atoms with Crippen LogP contribution in [0.2, 0.25) is 0 Å². The Balaban J connectivity index is 0.00000106. The maximum Gasteiger partial charge on any atom is 0.312 e. The first-order chi connectivity index (χ1) is 7.54. The third-order valence-electron chi connectivity index (χ3n) is 1.89. The van der Waals surface area contributed by atoms with Gasteiger partial charge in [0.1, 0.15) is 0 Å². The monoisotopic (exact) mass is 252 g/mol. The number of hydrogen-bond donors (Lipinski definition) is 0. The lowest BCUT2D eigenvalue weighted by atomic mass is 10.0. The Kier molecular flexibility index (Phi) is 6.97. The Labute approximate surface area is 98.9 Å². The Bertz CT molecular complexity index is 300. The van der Waals surface area contributed by atoms with Crippen LogP contribution in [0.25, 0.3) is 0 Å². The van der Waals surface area contributed by atoms with Gasteiger partial charge in [-0.3, -0.25) is 4.79 Å². The van der Waals surface area contributed by atoms with Gasteiger partial charge in [0.25, 0.3) is 0 Å². The molecule has 5 heteroatoms. The third-order valence-corrected chi connectivity index (χ3v) is 2.19. The number of esters is 1. The van der Waals surface area contributed by atoms with Gasteiger partial charge in [0, 0.05) is 0 Å². The topological polar surface area (TPSA) is 26.3 Å². The van der Waals surface area contributed by atoms with Crippen LogP contribution in [0, 0.1) is 5.92 Å². The Morgan fingerprint density at radius 1 is 1.38 bits per heavy atom. The minimum Gasteiger partial charge on any atom is -0.469 e. The van der Waals surface area contributed by atoms with E-state index in [9.17, 15) is 13.6 Å². The van der Waals surface area contributed by atoms with Gasteiger partial charge in [-0.05, 0) is 18.6 Å². The van der Waals surface area contributed by atoms with Gasteiger partial charge in [-0.2, -0.15) is 0 Å². The van der Waals surface area contributed by atoms with Crippen LogP contribution in [0.1, 0.15) is 20.3 Å². The molecule has 0 aliphatic heterocycles. The third kappa shape index (κ3) is 4.31. The van der Waals surface area contributed by atoms with Crippen molar-refractivity contribution in [1.82, 2.24) is 0 Å². The standard InChI is InChI=1S/C9H9ClF2O2.C2H6/c1-14-9(13)5-2-6(10)4-8(12)7(11)3-5;1-2/h3-6H,2H2,1H3;1-2H3. The SMILES string of the molecule is CC.COC(=O)C1C=C(F)C(F)=CC(Cl)C1. The second kappa shape index (κ2) is 7.39. The van der Waals surface area contributed by atoms with E-state index in [1.165, 1.54) is 7.11 Å². The maximum absolute atomic E-state index is 12.9. The Morgan fingerprint density at radius 3 is 2.38 bits per heavy atom. The molecule has 0 heterocycles. The van der Waals surface area contributed by atoms with Crippen molar-refractivity contribution in [3.63, 3.8) is 0 Å². The van der Waals surface area contributed by atoms with E-state index in [4.69, 9.17) is 11.6 Å². The molecular formula is C11H15ClF2O2. The van der Waals surface area contributed by atoms with E-state index < -0.39 is 28.9 Å². The molecule has 0 saturated heterocycles. The summed E-state index contributed by atoms with van der Waals surface area (Å²) >= 11 is 5.65. The smallest absolute Gasteiger partial charge is 0.312 e. The van der Waals surface area contributed by atoms with Gasteiger partial charge >= 0.3 is 5.97 Å². The number of allylic oxidation sites excluding steroid dienone is 3. The van der Waals surface area contributed by atoms with Gasteiger partial charge in [0.2, 0.25) is 0 Å². The lowest BCUT2D eigenvalue weighted by molar-refractivity contribution is -0.143. The van der Waals surface area contributed by atoms with Gasteiger partial charge in [0.05, 0.1) is 18.4 Å². The summed E-state index contributed by atoms with van der Waals surface area (Å²) in [5, 5.41) is -0.705. The summed E-state index contributed by atoms with van der Waals surface area (Å²) in [6.07, 6.45) is 1.96. The zero-order valence-electron chi connectivity index (χ0n) is 9.47. The molecular weight excluding hydrogens is 238 g/mol. The summed E-state index contributed by atoms with van der Waals surface area (Å²) in [5.74, 6) is -3.54. The quantitative estimate of drug-likeness (QED) is 0.527. The van der Waals surface area contributed by atoms with Crippen LogP contribution in [0.3, 0.4) is 0 Å². The number of halogens is 3. The predicted molar refractivity (Wildman–Crippen MR) is 59.5 cm³/mol. The Hall–Kier alpha value is -0.900. The van der Waals surface area contributed by atoms with Gasteiger partial charge in [-0.1, -0.05) is 13.8 Å². The molecule has 0 amide bonds. The molecule has 0 aromatic carbocycles. The van der Waals surface area contributed by atoms with E-state index in [1.54, 1.807) is 0 Å². The molecule has 0 spiro atoms. The number of hydrogen-bond acceptors (Lipinski definition) is 2. The van der Waals surface area contributed by atoms with Gasteiger partial charge in [0.15, 0.2) is 11.7 Å². The number of carbonyl (C=O) groups is 1. The molecule has 92 valence electrons. The second-order valence-electron chi connectivity index (χ2n) is 2.91. The van der Waals surface area contributed by atoms with E-state index in [-0.39, 0.29) is 6.42 Å². The zero-order valence-corrected chi connectivity index (χ0v) is 10.2. The van der Waals surface area contributed by atoms with Crippen LogP contribution in [0.5, 0.6) is 0 Å². The van der Waals surface area contributed by atoms with Crippen LogP contribution in [-0.4, -0.2) is 18.5 Å². The second-order valence-corrected chi connectivity index (χ2v) is 3.47. The predicted octanol–water partition coefficient (Wildman–Crippen LogP) is 3.52. The average molecular weight is 253 g/mol. The van der Waals surface area contributed by atoms with Gasteiger partial charge in [-0.15, -0.1) is 11.6 Å². The van der Waals surface area contributed by atoms with E-state index in [0.29, 0.717) is 0 Å². The van der Waals surface area contributed by atoms with Crippen LogP contribution in [0.15, 0.2) is 23.8 Å². The van der Waals surface area contributed by atoms with Gasteiger partial charge in [-0.25, -0.2) is 8.78 Å². The largest absolute Gasteiger partial charge is 0.469 e. The summed E-state index contributed by atoms with van der Waals surface area (Å²) in [4.78, 5) is 11.1.